The van der Waals surface area contributed by atoms with Gasteiger partial charge in [-0.2, -0.15) is 0 Å². The number of benzene rings is 1. The molecule has 1 aromatic carbocycles. The highest BCUT2D eigenvalue weighted by atomic mass is 28.4. The lowest BCUT2D eigenvalue weighted by molar-refractivity contribution is 0.140. The number of hydrogen-bond acceptors (Lipinski definition) is 3. The van der Waals surface area contributed by atoms with Crippen LogP contribution < -0.4 is 5.19 Å². The summed E-state index contributed by atoms with van der Waals surface area (Å²) in [4.78, 5) is 0. The minimum absolute atomic E-state index is 1.00. The summed E-state index contributed by atoms with van der Waals surface area (Å²) in [6, 6.07) is 8.36. The first-order valence-corrected chi connectivity index (χ1v) is 7.69. The number of unbranched alkanes of at least 4 members (excludes halogenated alkanes) is 1. The molecule has 0 aliphatic carbocycles. The van der Waals surface area contributed by atoms with Crippen molar-refractivity contribution in [3.05, 3.63) is 29.8 Å². The molecular formula is C13H22O3Si. The fourth-order valence-corrected chi connectivity index (χ4v) is 3.64. The van der Waals surface area contributed by atoms with Crippen molar-refractivity contribution in [2.45, 2.75) is 26.2 Å². The molecule has 0 atom stereocenters. The maximum atomic E-state index is 5.44. The first kappa shape index (κ1) is 14.4. The molecule has 3 nitrogen and oxygen atoms in total. The van der Waals surface area contributed by atoms with Gasteiger partial charge in [0.05, 0.1) is 0 Å². The zero-order valence-corrected chi connectivity index (χ0v) is 12.2. The summed E-state index contributed by atoms with van der Waals surface area (Å²) in [5.74, 6) is 0. The van der Waals surface area contributed by atoms with Crippen LogP contribution in [-0.2, 0) is 19.7 Å². The van der Waals surface area contributed by atoms with Crippen LogP contribution in [0.25, 0.3) is 0 Å². The van der Waals surface area contributed by atoms with Crippen LogP contribution in [0.4, 0.5) is 0 Å². The third kappa shape index (κ3) is 3.39. The largest absolute Gasteiger partial charge is 0.536 e. The average molecular weight is 254 g/mol. The number of aryl methyl sites for hydroxylation is 1. The van der Waals surface area contributed by atoms with E-state index in [2.05, 4.69) is 19.1 Å². The van der Waals surface area contributed by atoms with Crippen LogP contribution in [0.3, 0.4) is 0 Å². The quantitative estimate of drug-likeness (QED) is 0.698. The van der Waals surface area contributed by atoms with Gasteiger partial charge >= 0.3 is 8.80 Å². The van der Waals surface area contributed by atoms with Crippen molar-refractivity contribution in [2.75, 3.05) is 21.3 Å². The molecule has 0 radical (unpaired) electrons. The molecule has 17 heavy (non-hydrogen) atoms. The van der Waals surface area contributed by atoms with Gasteiger partial charge < -0.3 is 13.3 Å². The summed E-state index contributed by atoms with van der Waals surface area (Å²) >= 11 is 0. The Morgan fingerprint density at radius 3 is 1.88 bits per heavy atom. The second-order valence-corrected chi connectivity index (χ2v) is 6.88. The predicted molar refractivity (Wildman–Crippen MR) is 71.5 cm³/mol. The first-order chi connectivity index (χ1) is 8.22. The van der Waals surface area contributed by atoms with Crippen LogP contribution in [0.2, 0.25) is 0 Å². The van der Waals surface area contributed by atoms with Crippen LogP contribution in [0.5, 0.6) is 0 Å². The first-order valence-electron chi connectivity index (χ1n) is 5.97. The van der Waals surface area contributed by atoms with Crippen LogP contribution in [0.1, 0.15) is 25.3 Å². The molecule has 0 fully saturated rings. The lowest BCUT2D eigenvalue weighted by Crippen LogP contribution is -2.54. The minimum Gasteiger partial charge on any atom is -0.373 e. The van der Waals surface area contributed by atoms with Gasteiger partial charge in [0.1, 0.15) is 0 Å². The summed E-state index contributed by atoms with van der Waals surface area (Å²) < 4.78 is 16.3. The van der Waals surface area contributed by atoms with Crippen LogP contribution >= 0.6 is 0 Å². The molecule has 0 heterocycles. The van der Waals surface area contributed by atoms with E-state index in [4.69, 9.17) is 13.3 Å². The van der Waals surface area contributed by atoms with E-state index < -0.39 is 8.80 Å². The van der Waals surface area contributed by atoms with Gasteiger partial charge in [-0.25, -0.2) is 0 Å². The van der Waals surface area contributed by atoms with E-state index in [-0.39, 0.29) is 0 Å². The molecule has 0 unspecified atom stereocenters. The third-order valence-corrected chi connectivity index (χ3v) is 5.59. The molecule has 0 N–H and O–H groups in total. The molecule has 96 valence electrons. The maximum absolute atomic E-state index is 5.44. The van der Waals surface area contributed by atoms with Crippen molar-refractivity contribution in [2.24, 2.45) is 0 Å². The molecule has 1 rings (SSSR count). The van der Waals surface area contributed by atoms with Gasteiger partial charge in [0.15, 0.2) is 0 Å². The SMILES string of the molecule is CCCCc1ccc([Si](OC)(OC)OC)cc1. The van der Waals surface area contributed by atoms with Crippen molar-refractivity contribution in [3.8, 4) is 0 Å². The Labute approximate surface area is 105 Å². The Balaban J connectivity index is 2.84. The molecule has 0 aliphatic heterocycles. The molecule has 0 aliphatic rings. The Kier molecular flexibility index (Phi) is 5.84. The van der Waals surface area contributed by atoms with E-state index in [1.165, 1.54) is 18.4 Å². The lowest BCUT2D eigenvalue weighted by atomic mass is 10.1. The molecule has 0 bridgehead atoms. The molecule has 0 saturated heterocycles. The summed E-state index contributed by atoms with van der Waals surface area (Å²) in [5, 5.41) is 1.00. The summed E-state index contributed by atoms with van der Waals surface area (Å²) in [6.45, 7) is 2.20. The summed E-state index contributed by atoms with van der Waals surface area (Å²) in [6.07, 6.45) is 3.56. The zero-order chi connectivity index (χ0) is 12.7. The minimum atomic E-state index is -2.65. The molecule has 0 amide bonds. The van der Waals surface area contributed by atoms with Crippen molar-refractivity contribution in [1.29, 1.82) is 0 Å². The second-order valence-electron chi connectivity index (χ2n) is 3.97. The monoisotopic (exact) mass is 254 g/mol. The van der Waals surface area contributed by atoms with E-state index >= 15 is 0 Å². The zero-order valence-electron chi connectivity index (χ0n) is 11.2. The molecule has 0 spiro atoms. The second kappa shape index (κ2) is 6.91. The van der Waals surface area contributed by atoms with Gasteiger partial charge in [-0.3, -0.25) is 0 Å². The van der Waals surface area contributed by atoms with Crippen LogP contribution in [0, 0.1) is 0 Å². The van der Waals surface area contributed by atoms with Gasteiger partial charge in [0, 0.05) is 26.5 Å². The maximum Gasteiger partial charge on any atom is 0.536 e. The van der Waals surface area contributed by atoms with Gasteiger partial charge in [0.25, 0.3) is 0 Å². The standard InChI is InChI=1S/C13H22O3Si/c1-5-6-7-12-8-10-13(11-9-12)17(14-2,15-3)16-4/h8-11H,5-7H2,1-4H3. The van der Waals surface area contributed by atoms with Crippen molar-refractivity contribution in [1.82, 2.24) is 0 Å². The fraction of sp³-hybridized carbons (Fsp3) is 0.538. The lowest BCUT2D eigenvalue weighted by Gasteiger charge is -2.24. The van der Waals surface area contributed by atoms with Crippen LogP contribution in [0.15, 0.2) is 24.3 Å². The number of rotatable bonds is 7. The van der Waals surface area contributed by atoms with Crippen molar-refractivity contribution >= 4 is 14.0 Å². The highest BCUT2D eigenvalue weighted by Crippen LogP contribution is 2.09. The predicted octanol–water partition coefficient (Wildman–Crippen LogP) is 2.11. The van der Waals surface area contributed by atoms with Gasteiger partial charge in [-0.05, 0) is 18.4 Å². The smallest absolute Gasteiger partial charge is 0.373 e. The topological polar surface area (TPSA) is 27.7 Å². The summed E-state index contributed by atoms with van der Waals surface area (Å²) in [7, 11) is 2.24. The van der Waals surface area contributed by atoms with Crippen LogP contribution in [-0.4, -0.2) is 30.1 Å². The van der Waals surface area contributed by atoms with E-state index in [9.17, 15) is 0 Å². The molecular weight excluding hydrogens is 232 g/mol. The van der Waals surface area contributed by atoms with E-state index in [0.717, 1.165) is 11.6 Å². The Bertz CT molecular complexity index is 312. The number of hydrogen-bond donors (Lipinski definition) is 0. The molecule has 4 heteroatoms. The Morgan fingerprint density at radius 2 is 1.47 bits per heavy atom. The average Bonchev–Trinajstić information content (AvgIpc) is 2.40. The highest BCUT2D eigenvalue weighted by molar-refractivity contribution is 6.75. The Hall–Kier alpha value is -0.683. The normalized spacial score (nSPS) is 11.8. The molecule has 0 saturated carbocycles. The van der Waals surface area contributed by atoms with E-state index in [1.54, 1.807) is 21.3 Å². The van der Waals surface area contributed by atoms with Gasteiger partial charge in [0.2, 0.25) is 0 Å². The Morgan fingerprint density at radius 1 is 0.941 bits per heavy atom. The van der Waals surface area contributed by atoms with Crippen molar-refractivity contribution < 1.29 is 13.3 Å². The summed E-state index contributed by atoms with van der Waals surface area (Å²) in [5.41, 5.74) is 1.35. The van der Waals surface area contributed by atoms with Crippen molar-refractivity contribution in [3.63, 3.8) is 0 Å². The third-order valence-electron chi connectivity index (χ3n) is 2.93. The fourth-order valence-electron chi connectivity index (χ4n) is 1.86. The van der Waals surface area contributed by atoms with E-state index in [1.807, 2.05) is 12.1 Å². The van der Waals surface area contributed by atoms with Gasteiger partial charge in [-0.15, -0.1) is 0 Å². The van der Waals surface area contributed by atoms with Gasteiger partial charge in [-0.1, -0.05) is 37.6 Å². The van der Waals surface area contributed by atoms with E-state index in [0.29, 0.717) is 0 Å². The molecule has 0 aromatic heterocycles. The highest BCUT2D eigenvalue weighted by Gasteiger charge is 2.40. The molecule has 1 aromatic rings.